The second-order valence-corrected chi connectivity index (χ2v) is 5.09. The van der Waals surface area contributed by atoms with Crippen molar-refractivity contribution in [2.24, 2.45) is 5.41 Å². The van der Waals surface area contributed by atoms with Gasteiger partial charge in [-0.15, -0.1) is 0 Å². The van der Waals surface area contributed by atoms with Crippen LogP contribution in [0.4, 0.5) is 4.79 Å². The number of aliphatic hydroxyl groups excluding tert-OH is 1. The van der Waals surface area contributed by atoms with Gasteiger partial charge in [0, 0.05) is 33.4 Å². The van der Waals surface area contributed by atoms with Crippen molar-refractivity contribution in [1.82, 2.24) is 10.2 Å². The number of aliphatic carboxylic acids is 1. The normalized spacial score (nSPS) is 19.5. The average Bonchev–Trinajstić information content (AvgIpc) is 2.36. The van der Waals surface area contributed by atoms with E-state index in [0.717, 1.165) is 0 Å². The maximum absolute atomic E-state index is 11.8. The van der Waals surface area contributed by atoms with E-state index in [2.05, 4.69) is 5.32 Å². The van der Waals surface area contributed by atoms with E-state index in [4.69, 9.17) is 4.74 Å². The first kappa shape index (κ1) is 15.7. The van der Waals surface area contributed by atoms with Crippen LogP contribution in [0.2, 0.25) is 0 Å². The van der Waals surface area contributed by atoms with Gasteiger partial charge in [0.15, 0.2) is 0 Å². The highest BCUT2D eigenvalue weighted by Gasteiger charge is 2.40. The minimum Gasteiger partial charge on any atom is -0.481 e. The molecule has 7 heteroatoms. The number of carbonyl (C=O) groups excluding carboxylic acids is 1. The summed E-state index contributed by atoms with van der Waals surface area (Å²) < 4.78 is 5.16. The van der Waals surface area contributed by atoms with Crippen molar-refractivity contribution in [3.63, 3.8) is 0 Å². The number of rotatable bonds is 5. The quantitative estimate of drug-likeness (QED) is 0.649. The molecule has 0 aromatic heterocycles. The molecule has 0 radical (unpaired) electrons. The van der Waals surface area contributed by atoms with Crippen molar-refractivity contribution in [3.8, 4) is 0 Å². The van der Waals surface area contributed by atoms with Crippen LogP contribution in [0.15, 0.2) is 0 Å². The molecule has 7 nitrogen and oxygen atoms in total. The Bertz CT molecular complexity index is 326. The molecule has 0 aliphatic carbocycles. The minimum atomic E-state index is -0.945. The zero-order valence-corrected chi connectivity index (χ0v) is 11.4. The maximum Gasteiger partial charge on any atom is 0.317 e. The third-order valence-electron chi connectivity index (χ3n) is 3.37. The number of carboxylic acids is 1. The Balaban J connectivity index is 2.52. The molecule has 1 unspecified atom stereocenters. The van der Waals surface area contributed by atoms with Crippen molar-refractivity contribution in [2.75, 3.05) is 33.4 Å². The largest absolute Gasteiger partial charge is 0.481 e. The fourth-order valence-electron chi connectivity index (χ4n) is 2.09. The lowest BCUT2D eigenvalue weighted by Crippen LogP contribution is -2.49. The zero-order valence-electron chi connectivity index (χ0n) is 11.4. The topological polar surface area (TPSA) is 99.1 Å². The van der Waals surface area contributed by atoms with Crippen molar-refractivity contribution < 1.29 is 24.5 Å². The predicted molar refractivity (Wildman–Crippen MR) is 67.8 cm³/mol. The third kappa shape index (κ3) is 4.36. The fraction of sp³-hybridized carbons (Fsp3) is 0.833. The number of nitrogens with one attached hydrogen (secondary N) is 1. The first-order valence-corrected chi connectivity index (χ1v) is 6.35. The molecular formula is C12H22N2O5. The molecule has 0 aromatic carbocycles. The number of urea groups is 1. The number of carboxylic acid groups (broad SMARTS) is 1. The Morgan fingerprint density at radius 3 is 2.47 bits per heavy atom. The smallest absolute Gasteiger partial charge is 0.317 e. The van der Waals surface area contributed by atoms with Gasteiger partial charge in [0.05, 0.1) is 11.5 Å². The molecular weight excluding hydrogens is 252 g/mol. The van der Waals surface area contributed by atoms with Crippen LogP contribution in [0, 0.1) is 5.41 Å². The Morgan fingerprint density at radius 2 is 2.00 bits per heavy atom. The third-order valence-corrected chi connectivity index (χ3v) is 3.37. The molecule has 1 aliphatic rings. The van der Waals surface area contributed by atoms with Gasteiger partial charge in [-0.05, 0) is 19.8 Å². The Hall–Kier alpha value is -1.34. The SMILES string of the molecule is CC(O)CN(C)C(=O)NCC1(C(=O)O)CCOCC1. The van der Waals surface area contributed by atoms with Gasteiger partial charge in [0.2, 0.25) is 0 Å². The molecule has 2 amide bonds. The first-order valence-electron chi connectivity index (χ1n) is 6.35. The molecule has 0 saturated carbocycles. The van der Waals surface area contributed by atoms with Crippen LogP contribution in [-0.2, 0) is 9.53 Å². The van der Waals surface area contributed by atoms with E-state index in [1.807, 2.05) is 0 Å². The molecule has 0 aromatic rings. The number of carbonyl (C=O) groups is 2. The Labute approximate surface area is 112 Å². The molecule has 1 saturated heterocycles. The van der Waals surface area contributed by atoms with Crippen LogP contribution in [-0.4, -0.2) is 66.6 Å². The molecule has 110 valence electrons. The van der Waals surface area contributed by atoms with E-state index in [9.17, 15) is 19.8 Å². The summed E-state index contributed by atoms with van der Waals surface area (Å²) in [6.07, 6.45) is 0.165. The second kappa shape index (κ2) is 6.72. The summed E-state index contributed by atoms with van der Waals surface area (Å²) in [4.78, 5) is 24.5. The van der Waals surface area contributed by atoms with Gasteiger partial charge in [-0.3, -0.25) is 4.79 Å². The van der Waals surface area contributed by atoms with Crippen molar-refractivity contribution in [3.05, 3.63) is 0 Å². The zero-order chi connectivity index (χ0) is 14.5. The van der Waals surface area contributed by atoms with E-state index >= 15 is 0 Å². The second-order valence-electron chi connectivity index (χ2n) is 5.09. The van der Waals surface area contributed by atoms with Crippen LogP contribution in [0.1, 0.15) is 19.8 Å². The van der Waals surface area contributed by atoms with Gasteiger partial charge >= 0.3 is 12.0 Å². The Morgan fingerprint density at radius 1 is 1.42 bits per heavy atom. The van der Waals surface area contributed by atoms with E-state index in [1.165, 1.54) is 4.90 Å². The van der Waals surface area contributed by atoms with Crippen LogP contribution < -0.4 is 5.32 Å². The van der Waals surface area contributed by atoms with E-state index in [0.29, 0.717) is 26.1 Å². The standard InChI is InChI=1S/C12H22N2O5/c1-9(15)7-14(2)11(18)13-8-12(10(16)17)3-5-19-6-4-12/h9,15H,3-8H2,1-2H3,(H,13,18)(H,16,17). The molecule has 1 aliphatic heterocycles. The van der Waals surface area contributed by atoms with E-state index in [-0.39, 0.29) is 19.1 Å². The molecule has 1 heterocycles. The summed E-state index contributed by atoms with van der Waals surface area (Å²) >= 11 is 0. The lowest BCUT2D eigenvalue weighted by molar-refractivity contribution is -0.154. The molecule has 3 N–H and O–H groups in total. The number of hydrogen-bond acceptors (Lipinski definition) is 4. The molecule has 1 fully saturated rings. The van der Waals surface area contributed by atoms with Gasteiger partial charge in [0.1, 0.15) is 0 Å². The van der Waals surface area contributed by atoms with Gasteiger partial charge < -0.3 is 25.2 Å². The maximum atomic E-state index is 11.8. The highest BCUT2D eigenvalue weighted by Crippen LogP contribution is 2.30. The number of likely N-dealkylation sites (N-methyl/N-ethyl adjacent to an activating group) is 1. The van der Waals surface area contributed by atoms with Crippen LogP contribution in [0.5, 0.6) is 0 Å². The van der Waals surface area contributed by atoms with Gasteiger partial charge in [-0.2, -0.15) is 0 Å². The molecule has 1 atom stereocenters. The highest BCUT2D eigenvalue weighted by atomic mass is 16.5. The summed E-state index contributed by atoms with van der Waals surface area (Å²) in [6, 6.07) is -0.381. The summed E-state index contributed by atoms with van der Waals surface area (Å²) in [7, 11) is 1.56. The van der Waals surface area contributed by atoms with Crippen LogP contribution in [0.25, 0.3) is 0 Å². The number of hydrogen-bond donors (Lipinski definition) is 3. The number of ether oxygens (including phenoxy) is 1. The van der Waals surface area contributed by atoms with Crippen molar-refractivity contribution >= 4 is 12.0 Å². The highest BCUT2D eigenvalue weighted by molar-refractivity contribution is 5.78. The van der Waals surface area contributed by atoms with Gasteiger partial charge in [-0.1, -0.05) is 0 Å². The molecule has 1 rings (SSSR count). The molecule has 19 heavy (non-hydrogen) atoms. The van der Waals surface area contributed by atoms with Gasteiger partial charge in [-0.25, -0.2) is 4.79 Å². The summed E-state index contributed by atoms with van der Waals surface area (Å²) in [6.45, 7) is 2.65. The molecule has 0 bridgehead atoms. The van der Waals surface area contributed by atoms with Crippen LogP contribution >= 0.6 is 0 Å². The van der Waals surface area contributed by atoms with Crippen LogP contribution in [0.3, 0.4) is 0 Å². The van der Waals surface area contributed by atoms with E-state index < -0.39 is 17.5 Å². The fourth-order valence-corrected chi connectivity index (χ4v) is 2.09. The summed E-state index contributed by atoms with van der Waals surface area (Å²) in [5, 5.41) is 21.1. The predicted octanol–water partition coefficient (Wildman–Crippen LogP) is -0.110. The van der Waals surface area contributed by atoms with Gasteiger partial charge in [0.25, 0.3) is 0 Å². The summed E-state index contributed by atoms with van der Waals surface area (Å²) in [5.74, 6) is -0.908. The van der Waals surface area contributed by atoms with E-state index in [1.54, 1.807) is 14.0 Å². The molecule has 0 spiro atoms. The average molecular weight is 274 g/mol. The lowest BCUT2D eigenvalue weighted by atomic mass is 9.80. The first-order chi connectivity index (χ1) is 8.87. The Kier molecular flexibility index (Phi) is 5.56. The number of nitrogens with zero attached hydrogens (tertiary/aromatic N) is 1. The monoisotopic (exact) mass is 274 g/mol. The number of amides is 2. The number of aliphatic hydroxyl groups is 1. The lowest BCUT2D eigenvalue weighted by Gasteiger charge is -2.33. The van der Waals surface area contributed by atoms with Crippen molar-refractivity contribution in [1.29, 1.82) is 0 Å². The summed E-state index contributed by atoms with van der Waals surface area (Å²) in [5.41, 5.74) is -0.945. The van der Waals surface area contributed by atoms with Crippen molar-refractivity contribution in [2.45, 2.75) is 25.9 Å². The minimum absolute atomic E-state index is 0.0781.